The SMILES string of the molecule is Clc1cc2ccc(-c3ccccn3)nc2cc1-c1nn(C2CC(CN3CCC3)C2)c2ncnc([As])c12. The standard InChI is InChI=1S/C27H23AsClN7/c28-26-24-25(34-36(27(24)32-15-31-26)18-10-16(11-18)14-35-8-3-9-35)19-13-23-17(12-20(19)29)5-6-22(33-23)21-4-1-2-7-30-21/h1-2,4-7,12-13,15-16,18H,3,8-11,14H2. The Hall–Kier alpha value is -2.86. The third kappa shape index (κ3) is 3.81. The average molecular weight is 556 g/mol. The van der Waals surface area contributed by atoms with E-state index in [9.17, 15) is 0 Å². The monoisotopic (exact) mass is 555 g/mol. The second-order valence-corrected chi connectivity index (χ2v) is 11.1. The molecule has 1 aromatic carbocycles. The van der Waals surface area contributed by atoms with Gasteiger partial charge in [-0.2, -0.15) is 0 Å². The number of fused-ring (bicyclic) bond motifs is 2. The summed E-state index contributed by atoms with van der Waals surface area (Å²) in [6.07, 6.45) is 7.00. The van der Waals surface area contributed by atoms with Gasteiger partial charge in [-0.15, -0.1) is 0 Å². The van der Waals surface area contributed by atoms with Crippen LogP contribution >= 0.6 is 11.6 Å². The molecule has 2 fully saturated rings. The van der Waals surface area contributed by atoms with E-state index in [1.807, 2.05) is 42.5 Å². The predicted octanol–water partition coefficient (Wildman–Crippen LogP) is 4.21. The van der Waals surface area contributed by atoms with Crippen LogP contribution in [0.2, 0.25) is 5.02 Å². The first-order chi connectivity index (χ1) is 17.6. The Kier molecular flexibility index (Phi) is 5.53. The molecule has 1 saturated carbocycles. The molecule has 1 aliphatic heterocycles. The van der Waals surface area contributed by atoms with Crippen LogP contribution in [0.3, 0.4) is 0 Å². The Labute approximate surface area is 222 Å². The third-order valence-corrected chi connectivity index (χ3v) is 8.48. The molecule has 9 heteroatoms. The molecule has 2 aliphatic rings. The topological polar surface area (TPSA) is 72.6 Å². The zero-order valence-electron chi connectivity index (χ0n) is 19.5. The molecule has 36 heavy (non-hydrogen) atoms. The maximum absolute atomic E-state index is 6.85. The van der Waals surface area contributed by atoms with Crippen molar-refractivity contribution < 1.29 is 0 Å². The van der Waals surface area contributed by atoms with E-state index in [0.29, 0.717) is 11.1 Å². The molecule has 2 radical (unpaired) electrons. The van der Waals surface area contributed by atoms with Gasteiger partial charge in [-0.3, -0.25) is 0 Å². The molecule has 1 saturated heterocycles. The molecule has 0 unspecified atom stereocenters. The van der Waals surface area contributed by atoms with Crippen LogP contribution in [-0.2, 0) is 0 Å². The summed E-state index contributed by atoms with van der Waals surface area (Å²) in [5, 5.41) is 7.66. The summed E-state index contributed by atoms with van der Waals surface area (Å²) in [5.74, 6) is 0.732. The van der Waals surface area contributed by atoms with E-state index < -0.39 is 0 Å². The number of hydrogen-bond acceptors (Lipinski definition) is 6. The van der Waals surface area contributed by atoms with Crippen molar-refractivity contribution in [3.8, 4) is 22.6 Å². The fourth-order valence-corrected chi connectivity index (χ4v) is 6.16. The Bertz CT molecular complexity index is 1590. The van der Waals surface area contributed by atoms with Gasteiger partial charge in [-0.05, 0) is 0 Å². The van der Waals surface area contributed by atoms with E-state index in [1.54, 1.807) is 12.5 Å². The summed E-state index contributed by atoms with van der Waals surface area (Å²) in [4.78, 5) is 21.0. The van der Waals surface area contributed by atoms with Crippen molar-refractivity contribution in [2.75, 3.05) is 19.6 Å². The first-order valence-corrected chi connectivity index (χ1v) is 13.6. The zero-order chi connectivity index (χ0) is 24.2. The zero-order valence-corrected chi connectivity index (χ0v) is 22.2. The normalized spacial score (nSPS) is 19.9. The van der Waals surface area contributed by atoms with Gasteiger partial charge in [0.1, 0.15) is 0 Å². The number of rotatable bonds is 5. The van der Waals surface area contributed by atoms with Crippen LogP contribution in [0.5, 0.6) is 0 Å². The third-order valence-electron chi connectivity index (χ3n) is 7.45. The van der Waals surface area contributed by atoms with Gasteiger partial charge < -0.3 is 0 Å². The summed E-state index contributed by atoms with van der Waals surface area (Å²) >= 11 is 9.40. The Morgan fingerprint density at radius 3 is 2.67 bits per heavy atom. The number of hydrogen-bond donors (Lipinski definition) is 0. The van der Waals surface area contributed by atoms with Crippen molar-refractivity contribution >= 4 is 54.9 Å². The molecule has 0 amide bonds. The van der Waals surface area contributed by atoms with Crippen LogP contribution in [-0.4, -0.2) is 71.1 Å². The molecule has 1 aliphatic carbocycles. The van der Waals surface area contributed by atoms with E-state index >= 15 is 0 Å². The van der Waals surface area contributed by atoms with Crippen molar-refractivity contribution in [2.45, 2.75) is 25.3 Å². The van der Waals surface area contributed by atoms with Crippen molar-refractivity contribution in [3.05, 3.63) is 60.0 Å². The van der Waals surface area contributed by atoms with Gasteiger partial charge in [0.05, 0.1) is 0 Å². The fraction of sp³-hybridized carbons (Fsp3) is 0.296. The van der Waals surface area contributed by atoms with Gasteiger partial charge in [-0.1, -0.05) is 0 Å². The molecule has 0 atom stereocenters. The Morgan fingerprint density at radius 1 is 1.00 bits per heavy atom. The fourth-order valence-electron chi connectivity index (χ4n) is 5.36. The number of pyridine rings is 2. The number of benzene rings is 1. The average Bonchev–Trinajstić information content (AvgIpc) is 3.22. The molecule has 5 heterocycles. The van der Waals surface area contributed by atoms with Gasteiger partial charge in [0.15, 0.2) is 0 Å². The molecule has 0 spiro atoms. The molecule has 0 N–H and O–H groups in total. The quantitative estimate of drug-likeness (QED) is 0.303. The summed E-state index contributed by atoms with van der Waals surface area (Å²) in [7, 11) is 0. The van der Waals surface area contributed by atoms with Gasteiger partial charge in [0, 0.05) is 0 Å². The van der Waals surface area contributed by atoms with Crippen LogP contribution in [0, 0.1) is 5.92 Å². The van der Waals surface area contributed by atoms with E-state index in [1.165, 1.54) is 26.1 Å². The maximum atomic E-state index is 6.85. The van der Waals surface area contributed by atoms with Crippen molar-refractivity contribution in [3.63, 3.8) is 0 Å². The Morgan fingerprint density at radius 2 is 1.89 bits per heavy atom. The van der Waals surface area contributed by atoms with E-state index in [-0.39, 0.29) is 0 Å². The van der Waals surface area contributed by atoms with Gasteiger partial charge in [0.2, 0.25) is 0 Å². The van der Waals surface area contributed by atoms with Gasteiger partial charge in [-0.25, -0.2) is 0 Å². The van der Waals surface area contributed by atoms with E-state index in [0.717, 1.165) is 67.8 Å². The number of halogens is 1. The molecule has 4 aromatic heterocycles. The number of aromatic nitrogens is 6. The second kappa shape index (κ2) is 8.91. The van der Waals surface area contributed by atoms with Gasteiger partial charge >= 0.3 is 223 Å². The van der Waals surface area contributed by atoms with Crippen LogP contribution in [0.4, 0.5) is 0 Å². The van der Waals surface area contributed by atoms with Crippen LogP contribution in [0.25, 0.3) is 44.6 Å². The number of nitrogens with zero attached hydrogens (tertiary/aromatic N) is 7. The molecule has 0 bridgehead atoms. The summed E-state index contributed by atoms with van der Waals surface area (Å²) < 4.78 is 2.95. The van der Waals surface area contributed by atoms with Crippen LogP contribution < -0.4 is 4.48 Å². The van der Waals surface area contributed by atoms with Crippen molar-refractivity contribution in [1.29, 1.82) is 0 Å². The van der Waals surface area contributed by atoms with Gasteiger partial charge in [0.25, 0.3) is 0 Å². The van der Waals surface area contributed by atoms with E-state index in [2.05, 4.69) is 41.4 Å². The Balaban J connectivity index is 1.30. The second-order valence-electron chi connectivity index (χ2n) is 9.77. The molecule has 7 nitrogen and oxygen atoms in total. The van der Waals surface area contributed by atoms with Crippen molar-refractivity contribution in [2.24, 2.45) is 5.92 Å². The minimum absolute atomic E-state index is 0.349. The molecule has 178 valence electrons. The summed E-state index contributed by atoms with van der Waals surface area (Å²) in [5.41, 5.74) is 5.04. The molecule has 7 rings (SSSR count). The minimum atomic E-state index is 0.349. The summed E-state index contributed by atoms with van der Waals surface area (Å²) in [6.45, 7) is 3.70. The molecule has 5 aromatic rings. The molecular weight excluding hydrogens is 533 g/mol. The summed E-state index contributed by atoms with van der Waals surface area (Å²) in [6, 6.07) is 14.2. The van der Waals surface area contributed by atoms with E-state index in [4.69, 9.17) is 21.7 Å². The van der Waals surface area contributed by atoms with Crippen LogP contribution in [0.15, 0.2) is 55.0 Å². The van der Waals surface area contributed by atoms with Crippen LogP contribution in [0.1, 0.15) is 25.3 Å². The number of likely N-dealkylation sites (tertiary alicyclic amines) is 1. The first-order valence-electron chi connectivity index (χ1n) is 12.3. The first kappa shape index (κ1) is 22.3. The van der Waals surface area contributed by atoms with Crippen molar-refractivity contribution in [1.82, 2.24) is 34.6 Å². The predicted molar refractivity (Wildman–Crippen MR) is 143 cm³/mol. The molecular formula is C27H23AsClN7.